The van der Waals surface area contributed by atoms with Crippen LogP contribution >= 0.6 is 11.6 Å². The first-order valence-electron chi connectivity index (χ1n) is 11.5. The zero-order valence-electron chi connectivity index (χ0n) is 19.5. The van der Waals surface area contributed by atoms with E-state index in [1.54, 1.807) is 48.7 Å². The van der Waals surface area contributed by atoms with Crippen molar-refractivity contribution in [2.75, 3.05) is 0 Å². The zero-order valence-corrected chi connectivity index (χ0v) is 20.2. The van der Waals surface area contributed by atoms with Gasteiger partial charge in [0.25, 0.3) is 0 Å². The Morgan fingerprint density at radius 3 is 2.19 bits per heavy atom. The maximum atomic E-state index is 13.7. The Hall–Kier alpha value is -4.03. The number of hydrogen-bond donors (Lipinski definition) is 1. The van der Waals surface area contributed by atoms with Crippen LogP contribution < -0.4 is 5.32 Å². The number of carbonyl (C=O) groups excluding carboxylic acids is 2. The Morgan fingerprint density at radius 2 is 1.53 bits per heavy atom. The third-order valence-electron chi connectivity index (χ3n) is 5.70. The first-order valence-corrected chi connectivity index (χ1v) is 11.9. The fourth-order valence-electron chi connectivity index (χ4n) is 3.87. The number of amides is 2. The molecule has 4 aromatic rings. The maximum absolute atomic E-state index is 13.7. The first-order chi connectivity index (χ1) is 17.5. The summed E-state index contributed by atoms with van der Waals surface area (Å²) in [7, 11) is 0. The van der Waals surface area contributed by atoms with Gasteiger partial charge >= 0.3 is 0 Å². The van der Waals surface area contributed by atoms with E-state index in [4.69, 9.17) is 11.6 Å². The van der Waals surface area contributed by atoms with Gasteiger partial charge in [0.2, 0.25) is 11.8 Å². The minimum Gasteiger partial charge on any atom is -0.348 e. The van der Waals surface area contributed by atoms with Crippen LogP contribution in [0.4, 0.5) is 4.39 Å². The van der Waals surface area contributed by atoms with Gasteiger partial charge in [0.05, 0.1) is 18.7 Å². The van der Waals surface area contributed by atoms with Crippen LogP contribution in [0, 0.1) is 5.82 Å². The molecule has 7 heteroatoms. The van der Waals surface area contributed by atoms with Gasteiger partial charge in [-0.25, -0.2) is 4.39 Å². The molecule has 0 bridgehead atoms. The second kappa shape index (κ2) is 12.1. The summed E-state index contributed by atoms with van der Waals surface area (Å²) in [6, 6.07) is 26.7. The third kappa shape index (κ3) is 6.77. The Kier molecular flexibility index (Phi) is 8.42. The quantitative estimate of drug-likeness (QED) is 0.329. The van der Waals surface area contributed by atoms with Crippen LogP contribution in [-0.2, 0) is 29.1 Å². The average molecular weight is 502 g/mol. The molecule has 0 spiro atoms. The summed E-state index contributed by atoms with van der Waals surface area (Å²) < 4.78 is 13.6. The number of aromatic nitrogens is 1. The van der Waals surface area contributed by atoms with Crippen LogP contribution in [-0.4, -0.2) is 21.7 Å². The van der Waals surface area contributed by atoms with Crippen LogP contribution in [0.15, 0.2) is 103 Å². The molecule has 1 N–H and O–H groups in total. The molecule has 0 aliphatic carbocycles. The Bertz CT molecular complexity index is 1280. The van der Waals surface area contributed by atoms with E-state index in [0.717, 1.165) is 5.56 Å². The van der Waals surface area contributed by atoms with Crippen LogP contribution in [0.2, 0.25) is 5.02 Å². The lowest BCUT2D eigenvalue weighted by atomic mass is 10.0. The van der Waals surface area contributed by atoms with Crippen LogP contribution in [0.3, 0.4) is 0 Å². The molecule has 5 nitrogen and oxygen atoms in total. The summed E-state index contributed by atoms with van der Waals surface area (Å²) in [5.41, 5.74) is 2.85. The number of rotatable bonds is 9. The highest BCUT2D eigenvalue weighted by molar-refractivity contribution is 6.30. The van der Waals surface area contributed by atoms with Crippen molar-refractivity contribution in [1.29, 1.82) is 0 Å². The Morgan fingerprint density at radius 1 is 0.861 bits per heavy atom. The lowest BCUT2D eigenvalue weighted by Crippen LogP contribution is -2.44. The third-order valence-corrected chi connectivity index (χ3v) is 5.95. The van der Waals surface area contributed by atoms with Gasteiger partial charge in [-0.3, -0.25) is 14.6 Å². The van der Waals surface area contributed by atoms with E-state index in [1.165, 1.54) is 17.0 Å². The van der Waals surface area contributed by atoms with Gasteiger partial charge in [-0.2, -0.15) is 0 Å². The predicted molar refractivity (Wildman–Crippen MR) is 137 cm³/mol. The second-order valence-electron chi connectivity index (χ2n) is 8.30. The summed E-state index contributed by atoms with van der Waals surface area (Å²) in [4.78, 5) is 33.1. The van der Waals surface area contributed by atoms with E-state index in [0.29, 0.717) is 21.8 Å². The number of halogens is 2. The lowest BCUT2D eigenvalue weighted by Gasteiger charge is -2.32. The molecule has 0 aliphatic heterocycles. The Labute approximate surface area is 214 Å². The van der Waals surface area contributed by atoms with Crippen molar-refractivity contribution in [2.24, 2.45) is 0 Å². The van der Waals surface area contributed by atoms with Crippen molar-refractivity contribution in [3.8, 4) is 0 Å². The molecule has 0 fully saturated rings. The van der Waals surface area contributed by atoms with E-state index < -0.39 is 6.04 Å². The molecule has 0 unspecified atom stereocenters. The van der Waals surface area contributed by atoms with E-state index in [1.807, 2.05) is 42.5 Å². The van der Waals surface area contributed by atoms with Crippen molar-refractivity contribution in [1.82, 2.24) is 15.2 Å². The number of nitrogens with one attached hydrogen (secondary N) is 1. The Balaban J connectivity index is 1.67. The normalized spacial score (nSPS) is 11.5. The summed E-state index contributed by atoms with van der Waals surface area (Å²) in [5.74, 6) is -0.951. The zero-order chi connectivity index (χ0) is 25.3. The van der Waals surface area contributed by atoms with Gasteiger partial charge in [0.15, 0.2) is 0 Å². The fourth-order valence-corrected chi connectivity index (χ4v) is 4.00. The number of hydrogen-bond acceptors (Lipinski definition) is 3. The van der Waals surface area contributed by atoms with Crippen molar-refractivity contribution in [3.63, 3.8) is 0 Å². The van der Waals surface area contributed by atoms with Gasteiger partial charge < -0.3 is 10.2 Å². The van der Waals surface area contributed by atoms with Crippen molar-refractivity contribution in [2.45, 2.75) is 25.6 Å². The van der Waals surface area contributed by atoms with E-state index in [-0.39, 0.29) is 37.1 Å². The molecule has 1 atom stereocenters. The van der Waals surface area contributed by atoms with Crippen LogP contribution in [0.5, 0.6) is 0 Å². The van der Waals surface area contributed by atoms with Gasteiger partial charge in [-0.05, 0) is 53.1 Å². The fraction of sp³-hybridized carbons (Fsp3) is 0.138. The molecule has 1 aromatic heterocycles. The summed E-state index contributed by atoms with van der Waals surface area (Å²) in [5, 5.41) is 3.50. The molecule has 2 amide bonds. The van der Waals surface area contributed by atoms with Gasteiger partial charge in [-0.15, -0.1) is 0 Å². The van der Waals surface area contributed by atoms with Crippen LogP contribution in [0.1, 0.15) is 28.4 Å². The molecular weight excluding hydrogens is 477 g/mol. The number of carbonyl (C=O) groups is 2. The van der Waals surface area contributed by atoms with Crippen molar-refractivity contribution in [3.05, 3.63) is 136 Å². The van der Waals surface area contributed by atoms with Crippen molar-refractivity contribution >= 4 is 23.4 Å². The monoisotopic (exact) mass is 501 g/mol. The van der Waals surface area contributed by atoms with E-state index in [9.17, 15) is 14.0 Å². The highest BCUT2D eigenvalue weighted by atomic mass is 35.5. The molecule has 0 saturated carbocycles. The van der Waals surface area contributed by atoms with E-state index in [2.05, 4.69) is 10.3 Å². The lowest BCUT2D eigenvalue weighted by molar-refractivity contribution is -0.141. The number of benzene rings is 3. The molecule has 0 aliphatic rings. The summed E-state index contributed by atoms with van der Waals surface area (Å²) >= 11 is 6.00. The highest BCUT2D eigenvalue weighted by Gasteiger charge is 2.31. The topological polar surface area (TPSA) is 62.3 Å². The standard InChI is InChI=1S/C29H25ClFN3O2/c30-24-13-9-21(10-14-24)18-27(35)34(20-22-11-15-25(31)16-12-22)28(23-6-2-1-3-7-23)29(36)33-19-26-8-4-5-17-32-26/h1-17,28H,18-20H2,(H,33,36)/t28-/m1/s1. The largest absolute Gasteiger partial charge is 0.348 e. The van der Waals surface area contributed by atoms with Gasteiger partial charge in [-0.1, -0.05) is 72.3 Å². The van der Waals surface area contributed by atoms with Gasteiger partial charge in [0.1, 0.15) is 11.9 Å². The predicted octanol–water partition coefficient (Wildman–Crippen LogP) is 5.50. The van der Waals surface area contributed by atoms with Crippen molar-refractivity contribution < 1.29 is 14.0 Å². The molecule has 36 heavy (non-hydrogen) atoms. The van der Waals surface area contributed by atoms with Gasteiger partial charge in [0, 0.05) is 17.8 Å². The summed E-state index contributed by atoms with van der Waals surface area (Å²) in [6.45, 7) is 0.349. The average Bonchev–Trinajstić information content (AvgIpc) is 2.91. The SMILES string of the molecule is O=C(NCc1ccccn1)[C@@H](c1ccccc1)N(Cc1ccc(F)cc1)C(=O)Cc1ccc(Cl)cc1. The molecule has 3 aromatic carbocycles. The first kappa shape index (κ1) is 25.1. The summed E-state index contributed by atoms with van der Waals surface area (Å²) in [6.07, 6.45) is 1.74. The number of pyridine rings is 1. The smallest absolute Gasteiger partial charge is 0.247 e. The maximum Gasteiger partial charge on any atom is 0.247 e. The number of nitrogens with zero attached hydrogens (tertiary/aromatic N) is 2. The molecule has 182 valence electrons. The molecule has 4 rings (SSSR count). The minimum absolute atomic E-state index is 0.0786. The molecule has 0 saturated heterocycles. The van der Waals surface area contributed by atoms with E-state index >= 15 is 0 Å². The highest BCUT2D eigenvalue weighted by Crippen LogP contribution is 2.25. The second-order valence-corrected chi connectivity index (χ2v) is 8.74. The molecular formula is C29H25ClFN3O2. The molecule has 0 radical (unpaired) electrons. The van der Waals surface area contributed by atoms with Crippen LogP contribution in [0.25, 0.3) is 0 Å². The minimum atomic E-state index is -0.903. The molecule has 1 heterocycles.